The van der Waals surface area contributed by atoms with Gasteiger partial charge in [-0.2, -0.15) is 0 Å². The van der Waals surface area contributed by atoms with Gasteiger partial charge in [0.2, 0.25) is 0 Å². The fourth-order valence-electron chi connectivity index (χ4n) is 0. The SMILES string of the molecule is C=C(Cl)C(=C)Cl.CO. The number of allylic oxidation sites excluding steroid dienone is 2. The predicted octanol–water partition coefficient (Wildman–Crippen LogP) is 2.10. The van der Waals surface area contributed by atoms with Crippen LogP contribution in [0.4, 0.5) is 0 Å². The Kier molecular flexibility index (Phi) is 9.57. The lowest BCUT2D eigenvalue weighted by molar-refractivity contribution is 0.399. The molecule has 0 bridgehead atoms. The molecular formula is C5H8Cl2O. The molecule has 0 aromatic heterocycles. The number of aliphatic hydroxyl groups excluding tert-OH is 1. The summed E-state index contributed by atoms with van der Waals surface area (Å²) in [6, 6.07) is 0. The molecule has 0 aromatic carbocycles. The van der Waals surface area contributed by atoms with Crippen LogP contribution in [0.1, 0.15) is 0 Å². The van der Waals surface area contributed by atoms with Gasteiger partial charge in [-0.3, -0.25) is 0 Å². The van der Waals surface area contributed by atoms with Crippen molar-refractivity contribution in [2.45, 2.75) is 0 Å². The lowest BCUT2D eigenvalue weighted by atomic mass is 10.6. The van der Waals surface area contributed by atoms with Gasteiger partial charge in [0.1, 0.15) is 0 Å². The zero-order valence-corrected chi connectivity index (χ0v) is 6.13. The van der Waals surface area contributed by atoms with E-state index in [-0.39, 0.29) is 0 Å². The third-order valence-corrected chi connectivity index (χ3v) is 0.847. The van der Waals surface area contributed by atoms with E-state index >= 15 is 0 Å². The Morgan fingerprint density at radius 3 is 1.25 bits per heavy atom. The summed E-state index contributed by atoms with van der Waals surface area (Å²) in [5, 5.41) is 7.60. The van der Waals surface area contributed by atoms with Crippen molar-refractivity contribution in [3.63, 3.8) is 0 Å². The highest BCUT2D eigenvalue weighted by molar-refractivity contribution is 6.43. The molecule has 0 atom stereocenters. The first-order valence-corrected chi connectivity index (χ1v) is 2.54. The lowest BCUT2D eigenvalue weighted by Crippen LogP contribution is -1.57. The summed E-state index contributed by atoms with van der Waals surface area (Å²) in [5.41, 5.74) is 0. The molecule has 0 rings (SSSR count). The number of halogens is 2. The van der Waals surface area contributed by atoms with E-state index in [1.807, 2.05) is 0 Å². The highest BCUT2D eigenvalue weighted by Gasteiger charge is 1.84. The molecule has 0 aliphatic carbocycles. The van der Waals surface area contributed by atoms with Crippen LogP contribution in [0.25, 0.3) is 0 Å². The molecule has 0 amide bonds. The first-order valence-electron chi connectivity index (χ1n) is 1.78. The Morgan fingerprint density at radius 1 is 1.12 bits per heavy atom. The Labute approximate surface area is 59.2 Å². The molecule has 0 spiro atoms. The normalized spacial score (nSPS) is 6.50. The maximum absolute atomic E-state index is 7.00. The molecule has 0 saturated carbocycles. The number of aliphatic hydroxyl groups is 1. The van der Waals surface area contributed by atoms with Crippen LogP contribution in [0, 0.1) is 0 Å². The van der Waals surface area contributed by atoms with Crippen molar-refractivity contribution in [1.82, 2.24) is 0 Å². The zero-order valence-electron chi connectivity index (χ0n) is 4.62. The van der Waals surface area contributed by atoms with Crippen LogP contribution in [0.3, 0.4) is 0 Å². The summed E-state index contributed by atoms with van der Waals surface area (Å²) in [4.78, 5) is 0. The second-order valence-corrected chi connectivity index (χ2v) is 1.72. The van der Waals surface area contributed by atoms with Crippen molar-refractivity contribution in [3.05, 3.63) is 23.2 Å². The molecule has 0 aromatic rings. The van der Waals surface area contributed by atoms with Crippen LogP contribution < -0.4 is 0 Å². The van der Waals surface area contributed by atoms with E-state index in [1.165, 1.54) is 0 Å². The van der Waals surface area contributed by atoms with Gasteiger partial charge >= 0.3 is 0 Å². The van der Waals surface area contributed by atoms with E-state index in [1.54, 1.807) is 0 Å². The first kappa shape index (κ1) is 10.9. The minimum atomic E-state index is 0.302. The largest absolute Gasteiger partial charge is 0.400 e. The summed E-state index contributed by atoms with van der Waals surface area (Å²) in [5.74, 6) is 0. The number of hydrogen-bond acceptors (Lipinski definition) is 1. The average molecular weight is 155 g/mol. The molecule has 0 aliphatic rings. The van der Waals surface area contributed by atoms with Crippen molar-refractivity contribution >= 4 is 23.2 Å². The molecule has 0 fully saturated rings. The van der Waals surface area contributed by atoms with E-state index in [0.717, 1.165) is 7.11 Å². The third kappa shape index (κ3) is 9.39. The Hall–Kier alpha value is 0.0200. The molecule has 8 heavy (non-hydrogen) atoms. The molecule has 1 nitrogen and oxygen atoms in total. The molecule has 0 radical (unpaired) electrons. The minimum Gasteiger partial charge on any atom is -0.400 e. The maximum atomic E-state index is 7.00. The van der Waals surface area contributed by atoms with E-state index < -0.39 is 0 Å². The molecule has 0 saturated heterocycles. The van der Waals surface area contributed by atoms with Gasteiger partial charge in [-0.15, -0.1) is 0 Å². The smallest absolute Gasteiger partial charge is 0.0514 e. The highest BCUT2D eigenvalue weighted by atomic mass is 35.5. The molecule has 0 unspecified atom stereocenters. The summed E-state index contributed by atoms with van der Waals surface area (Å²) < 4.78 is 0. The van der Waals surface area contributed by atoms with Gasteiger partial charge in [0.15, 0.2) is 0 Å². The van der Waals surface area contributed by atoms with Crippen LogP contribution in [0.15, 0.2) is 23.2 Å². The standard InChI is InChI=1S/C4H4Cl2.CH4O/c1-3(5)4(2)6;1-2/h1-2H2;2H,1H3. The summed E-state index contributed by atoms with van der Waals surface area (Å²) in [6.45, 7) is 6.58. The lowest BCUT2D eigenvalue weighted by Gasteiger charge is -1.81. The monoisotopic (exact) mass is 154 g/mol. The second-order valence-electron chi connectivity index (χ2n) is 0.810. The van der Waals surface area contributed by atoms with Crippen molar-refractivity contribution in [3.8, 4) is 0 Å². The zero-order chi connectivity index (χ0) is 7.15. The van der Waals surface area contributed by atoms with Gasteiger partial charge in [0, 0.05) is 7.11 Å². The van der Waals surface area contributed by atoms with Gasteiger partial charge in [0.25, 0.3) is 0 Å². The van der Waals surface area contributed by atoms with E-state index in [9.17, 15) is 0 Å². The first-order chi connectivity index (χ1) is 3.64. The van der Waals surface area contributed by atoms with Gasteiger partial charge in [-0.05, 0) is 0 Å². The fraction of sp³-hybridized carbons (Fsp3) is 0.200. The van der Waals surface area contributed by atoms with Crippen LogP contribution in [0.5, 0.6) is 0 Å². The van der Waals surface area contributed by atoms with Gasteiger partial charge < -0.3 is 5.11 Å². The Balaban J connectivity index is 0. The highest BCUT2D eigenvalue weighted by Crippen LogP contribution is 2.12. The molecule has 0 heterocycles. The van der Waals surface area contributed by atoms with E-state index in [4.69, 9.17) is 28.3 Å². The van der Waals surface area contributed by atoms with Crippen molar-refractivity contribution in [2.24, 2.45) is 0 Å². The van der Waals surface area contributed by atoms with Crippen LogP contribution in [0.2, 0.25) is 0 Å². The quantitative estimate of drug-likeness (QED) is 0.575. The Bertz CT molecular complexity index is 76.4. The van der Waals surface area contributed by atoms with Crippen molar-refractivity contribution < 1.29 is 5.11 Å². The van der Waals surface area contributed by atoms with Gasteiger partial charge in [-0.1, -0.05) is 36.4 Å². The second kappa shape index (κ2) is 7.02. The molecule has 48 valence electrons. The third-order valence-electron chi connectivity index (χ3n) is 0.294. The average Bonchev–Trinajstić information content (AvgIpc) is 1.72. The predicted molar refractivity (Wildman–Crippen MR) is 38.1 cm³/mol. The van der Waals surface area contributed by atoms with Crippen molar-refractivity contribution in [1.29, 1.82) is 0 Å². The summed E-state index contributed by atoms with van der Waals surface area (Å²) in [6.07, 6.45) is 0. The topological polar surface area (TPSA) is 20.2 Å². The Morgan fingerprint density at radius 2 is 1.25 bits per heavy atom. The molecule has 0 aliphatic heterocycles. The number of hydrogen-bond donors (Lipinski definition) is 1. The van der Waals surface area contributed by atoms with Crippen LogP contribution >= 0.6 is 23.2 Å². The van der Waals surface area contributed by atoms with Crippen LogP contribution in [-0.2, 0) is 0 Å². The molecule has 1 N–H and O–H groups in total. The van der Waals surface area contributed by atoms with E-state index in [2.05, 4.69) is 13.2 Å². The number of rotatable bonds is 1. The van der Waals surface area contributed by atoms with Crippen molar-refractivity contribution in [2.75, 3.05) is 7.11 Å². The maximum Gasteiger partial charge on any atom is 0.0514 e. The van der Waals surface area contributed by atoms with Gasteiger partial charge in [0.05, 0.1) is 10.1 Å². The fourth-order valence-corrected chi connectivity index (χ4v) is 0. The molecule has 3 heteroatoms. The minimum absolute atomic E-state index is 0.302. The van der Waals surface area contributed by atoms with Crippen LogP contribution in [-0.4, -0.2) is 12.2 Å². The van der Waals surface area contributed by atoms with E-state index in [0.29, 0.717) is 10.1 Å². The van der Waals surface area contributed by atoms with Gasteiger partial charge in [-0.25, -0.2) is 0 Å². The molecular weight excluding hydrogens is 147 g/mol. The summed E-state index contributed by atoms with van der Waals surface area (Å²) in [7, 11) is 1.00. The summed E-state index contributed by atoms with van der Waals surface area (Å²) >= 11 is 10.4.